The summed E-state index contributed by atoms with van der Waals surface area (Å²) in [6, 6.07) is 1.75. The average molecular weight is 525 g/mol. The number of hydrogen-bond donors (Lipinski definition) is 2. The molecule has 5 rings (SSSR count). The maximum atomic E-state index is 15.6. The van der Waals surface area contributed by atoms with Crippen LogP contribution in [-0.2, 0) is 28.6 Å². The number of ketones is 1. The molecule has 2 aliphatic rings. The molecular formula is C28H30F3NO5. The van der Waals surface area contributed by atoms with E-state index < -0.39 is 90.9 Å². The van der Waals surface area contributed by atoms with Crippen LogP contribution in [0.25, 0.3) is 10.9 Å². The van der Waals surface area contributed by atoms with E-state index in [0.29, 0.717) is 5.39 Å². The fourth-order valence-electron chi connectivity index (χ4n) is 4.66. The first-order valence-corrected chi connectivity index (χ1v) is 11.8. The van der Waals surface area contributed by atoms with Crippen molar-refractivity contribution >= 4 is 16.7 Å². The van der Waals surface area contributed by atoms with E-state index in [0.717, 1.165) is 6.07 Å². The number of carbonyl (C=O) groups excluding carboxylic acids is 1. The lowest BCUT2D eigenvalue weighted by molar-refractivity contribution is -0.286. The first-order chi connectivity index (χ1) is 20.2. The maximum Gasteiger partial charge on any atom is 0.586 e. The van der Waals surface area contributed by atoms with E-state index in [4.69, 9.17) is 9.60 Å². The summed E-state index contributed by atoms with van der Waals surface area (Å²) in [7, 11) is 0. The molecule has 0 radical (unpaired) electrons. The number of alkyl halides is 2. The van der Waals surface area contributed by atoms with E-state index in [1.165, 1.54) is 23.6 Å². The quantitative estimate of drug-likeness (QED) is 0.413. The van der Waals surface area contributed by atoms with Crippen LogP contribution in [0.1, 0.15) is 66.4 Å². The van der Waals surface area contributed by atoms with Crippen LogP contribution < -0.4 is 9.47 Å². The van der Waals surface area contributed by atoms with Gasteiger partial charge in [-0.1, -0.05) is 26.7 Å². The van der Waals surface area contributed by atoms with E-state index >= 15 is 4.39 Å². The van der Waals surface area contributed by atoms with Crippen molar-refractivity contribution in [3.63, 3.8) is 0 Å². The highest BCUT2D eigenvalue weighted by Crippen LogP contribution is 2.52. The van der Waals surface area contributed by atoms with Gasteiger partial charge in [-0.3, -0.25) is 4.79 Å². The monoisotopic (exact) mass is 524 g/mol. The molecule has 198 valence electrons. The molecule has 6 nitrogen and oxygen atoms in total. The van der Waals surface area contributed by atoms with Crippen LogP contribution in [0.2, 0.25) is 0 Å². The zero-order valence-electron chi connectivity index (χ0n) is 27.2. The number of aliphatic hydroxyl groups is 2. The number of carbonyl (C=O) groups is 1. The number of benzene rings is 2. The third-order valence-corrected chi connectivity index (χ3v) is 7.17. The second-order valence-electron chi connectivity index (χ2n) is 9.79. The molecule has 1 aliphatic heterocycles. The van der Waals surface area contributed by atoms with Gasteiger partial charge in [0, 0.05) is 27.0 Å². The van der Waals surface area contributed by atoms with Crippen LogP contribution in [-0.4, -0.2) is 39.5 Å². The Hall–Kier alpha value is -3.04. The van der Waals surface area contributed by atoms with Crippen molar-refractivity contribution in [1.29, 1.82) is 0 Å². The van der Waals surface area contributed by atoms with Gasteiger partial charge in [0.25, 0.3) is 0 Å². The Morgan fingerprint density at radius 1 is 1.30 bits per heavy atom. The molecule has 0 bridgehead atoms. The van der Waals surface area contributed by atoms with Crippen LogP contribution in [0.15, 0.2) is 36.3 Å². The van der Waals surface area contributed by atoms with Crippen molar-refractivity contribution in [2.45, 2.75) is 76.1 Å². The van der Waals surface area contributed by atoms with Crippen LogP contribution in [0, 0.1) is 5.82 Å². The number of hydrogen-bond acceptors (Lipinski definition) is 5. The van der Waals surface area contributed by atoms with Gasteiger partial charge in [-0.15, -0.1) is 8.78 Å². The summed E-state index contributed by atoms with van der Waals surface area (Å²) in [4.78, 5) is 13.7. The summed E-state index contributed by atoms with van der Waals surface area (Å²) in [5.41, 5.74) is -3.11. The van der Waals surface area contributed by atoms with Crippen molar-refractivity contribution in [2.75, 3.05) is 6.61 Å². The number of ether oxygens (including phenoxy) is 2. The molecule has 1 unspecified atom stereocenters. The van der Waals surface area contributed by atoms with E-state index in [1.807, 2.05) is 0 Å². The van der Waals surface area contributed by atoms with Crippen molar-refractivity contribution < 1.29 is 47.2 Å². The van der Waals surface area contributed by atoms with Gasteiger partial charge in [-0.25, -0.2) is 4.39 Å². The van der Waals surface area contributed by atoms with E-state index in [1.54, 1.807) is 6.92 Å². The SMILES string of the molecule is [2H]c1c([2H])c(C2(C(=O)Cc3cc4cc(C(C)(CC)C([2H])([2H])[2H])n(C[C@]([2H])(O)CO)c4cc3F)CC2)c([2H])c2c1OC(F)(F)O2. The summed E-state index contributed by atoms with van der Waals surface area (Å²) in [6.45, 7) is -0.980. The molecule has 2 N–H and O–H groups in total. The minimum atomic E-state index is -4.15. The van der Waals surface area contributed by atoms with Gasteiger partial charge in [0.1, 0.15) is 11.6 Å². The smallest absolute Gasteiger partial charge is 0.395 e. The third kappa shape index (κ3) is 4.48. The molecular weight excluding hydrogens is 487 g/mol. The van der Waals surface area contributed by atoms with Crippen LogP contribution in [0.5, 0.6) is 11.5 Å². The fraction of sp³-hybridized carbons (Fsp3) is 0.464. The molecule has 1 aliphatic carbocycles. The number of halogens is 3. The van der Waals surface area contributed by atoms with Gasteiger partial charge < -0.3 is 24.3 Å². The number of fused-ring (bicyclic) bond motifs is 2. The van der Waals surface area contributed by atoms with Gasteiger partial charge in [0.05, 0.1) is 35.6 Å². The highest BCUT2D eigenvalue weighted by Gasteiger charge is 2.52. The third-order valence-electron chi connectivity index (χ3n) is 7.17. The standard InChI is InChI=1S/C28H30F3NO5/c1-4-26(2,3)24-10-17-9-16(20(29)13-21(17)32(24)14-19(34)15-33)11-25(35)27(7-8-27)18-5-6-22-23(12-18)37-28(30,31)36-22/h5-6,9-10,12-13,19,33-34H,4,7-8,11,14-15H2,1-3H3/t19-/m0/s1/i2D3,5D,6D,12D,19D/t19-,26?. The number of nitrogens with zero attached hydrogens (tertiary/aromatic N) is 1. The zero-order chi connectivity index (χ0) is 32.8. The Labute approximate surface area is 222 Å². The average Bonchev–Trinajstić information content (AvgIpc) is 3.56. The molecule has 37 heavy (non-hydrogen) atoms. The van der Waals surface area contributed by atoms with E-state index in [9.17, 15) is 23.8 Å². The second kappa shape index (κ2) is 8.77. The minimum Gasteiger partial charge on any atom is -0.395 e. The van der Waals surface area contributed by atoms with Gasteiger partial charge in [0.15, 0.2) is 11.5 Å². The molecule has 2 atom stereocenters. The lowest BCUT2D eigenvalue weighted by Gasteiger charge is -2.26. The number of rotatable bonds is 9. The predicted molar refractivity (Wildman–Crippen MR) is 131 cm³/mol. The molecule has 1 saturated carbocycles. The first kappa shape index (κ1) is 18.3. The zero-order valence-corrected chi connectivity index (χ0v) is 20.2. The largest absolute Gasteiger partial charge is 0.586 e. The summed E-state index contributed by atoms with van der Waals surface area (Å²) >= 11 is 0. The van der Waals surface area contributed by atoms with Gasteiger partial charge >= 0.3 is 6.29 Å². The van der Waals surface area contributed by atoms with Gasteiger partial charge in [-0.2, -0.15) is 0 Å². The molecule has 9 heteroatoms. The van der Waals surface area contributed by atoms with E-state index in [2.05, 4.69) is 9.47 Å². The molecule has 1 fully saturated rings. The number of aromatic nitrogens is 1. The van der Waals surface area contributed by atoms with Crippen molar-refractivity contribution in [2.24, 2.45) is 0 Å². The van der Waals surface area contributed by atoms with Gasteiger partial charge in [-0.05, 0) is 60.7 Å². The number of Topliss-reactive ketones (excluding diaryl/α,β-unsaturated/α-hetero) is 1. The second-order valence-corrected chi connectivity index (χ2v) is 9.79. The lowest BCUT2D eigenvalue weighted by Crippen LogP contribution is -2.26. The van der Waals surface area contributed by atoms with Crippen molar-refractivity contribution in [3.8, 4) is 11.5 Å². The summed E-state index contributed by atoms with van der Waals surface area (Å²) in [5, 5.41) is 20.2. The molecule has 3 aromatic rings. The maximum absolute atomic E-state index is 15.6. The summed E-state index contributed by atoms with van der Waals surface area (Å²) in [5.74, 6) is -3.02. The molecule has 1 aromatic heterocycles. The summed E-state index contributed by atoms with van der Waals surface area (Å²) < 4.78 is 111. The molecule has 2 heterocycles. The highest BCUT2D eigenvalue weighted by molar-refractivity contribution is 5.95. The van der Waals surface area contributed by atoms with Crippen LogP contribution in [0.4, 0.5) is 13.2 Å². The number of aliphatic hydroxyl groups excluding tert-OH is 1. The predicted octanol–water partition coefficient (Wildman–Crippen LogP) is 4.99. The topological polar surface area (TPSA) is 80.9 Å². The minimum absolute atomic E-state index is 0.107. The Morgan fingerprint density at radius 3 is 2.68 bits per heavy atom. The van der Waals surface area contributed by atoms with Crippen molar-refractivity contribution in [1.82, 2.24) is 4.57 Å². The molecule has 2 aromatic carbocycles. The van der Waals surface area contributed by atoms with Crippen LogP contribution in [0.3, 0.4) is 0 Å². The normalized spacial score (nSPS) is 23.5. The first-order valence-electron chi connectivity index (χ1n) is 15.3. The molecule has 0 saturated heterocycles. The Kier molecular flexibility index (Phi) is 4.33. The Balaban J connectivity index is 1.58. The molecule has 0 spiro atoms. The Morgan fingerprint density at radius 2 is 2.03 bits per heavy atom. The van der Waals surface area contributed by atoms with Crippen molar-refractivity contribution in [3.05, 3.63) is 59.0 Å². The molecule has 0 amide bonds. The van der Waals surface area contributed by atoms with E-state index in [-0.39, 0.29) is 41.6 Å². The summed E-state index contributed by atoms with van der Waals surface area (Å²) in [6.07, 6.45) is -6.74. The van der Waals surface area contributed by atoms with Crippen LogP contribution >= 0.6 is 0 Å². The highest BCUT2D eigenvalue weighted by atomic mass is 19.3. The lowest BCUT2D eigenvalue weighted by atomic mass is 9.86. The van der Waals surface area contributed by atoms with Gasteiger partial charge in [0.2, 0.25) is 0 Å². The fourth-order valence-corrected chi connectivity index (χ4v) is 4.66. The Bertz CT molecular complexity index is 1690.